The Hall–Kier alpha value is -1.95. The van der Waals surface area contributed by atoms with Crippen LogP contribution in [0.4, 0.5) is 0 Å². The van der Waals surface area contributed by atoms with E-state index in [9.17, 15) is 15.0 Å². The predicted molar refractivity (Wildman–Crippen MR) is 64.4 cm³/mol. The summed E-state index contributed by atoms with van der Waals surface area (Å²) in [6.07, 6.45) is 0.809. The molecule has 100 valence electrons. The molecule has 0 unspecified atom stereocenters. The van der Waals surface area contributed by atoms with E-state index in [0.717, 1.165) is 0 Å². The zero-order chi connectivity index (χ0) is 13.7. The lowest BCUT2D eigenvalue weighted by molar-refractivity contribution is -0.145. The van der Waals surface area contributed by atoms with Crippen LogP contribution in [0.3, 0.4) is 0 Å². The van der Waals surface area contributed by atoms with Crippen LogP contribution >= 0.6 is 0 Å². The normalized spacial score (nSPS) is 12.1. The van der Waals surface area contributed by atoms with Gasteiger partial charge in [0.25, 0.3) is 0 Å². The predicted octanol–water partition coefficient (Wildman–Crippen LogP) is 0.626. The molecule has 0 spiro atoms. The highest BCUT2D eigenvalue weighted by Gasteiger charge is 2.17. The van der Waals surface area contributed by atoms with Crippen molar-refractivity contribution in [3.63, 3.8) is 0 Å². The maximum atomic E-state index is 11.4. The van der Waals surface area contributed by atoms with Crippen molar-refractivity contribution in [3.8, 4) is 17.2 Å². The molecular formula is C12H17NO5. The first-order valence-corrected chi connectivity index (χ1v) is 5.61. The van der Waals surface area contributed by atoms with E-state index in [4.69, 9.17) is 15.6 Å². The van der Waals surface area contributed by atoms with E-state index < -0.39 is 29.3 Å². The van der Waals surface area contributed by atoms with Crippen LogP contribution in [0.1, 0.15) is 18.9 Å². The number of ether oxygens (including phenoxy) is 1. The summed E-state index contributed by atoms with van der Waals surface area (Å²) >= 11 is 0. The average molecular weight is 255 g/mol. The minimum absolute atomic E-state index is 0.101. The lowest BCUT2D eigenvalue weighted by Crippen LogP contribution is -2.34. The van der Waals surface area contributed by atoms with Gasteiger partial charge in [0.1, 0.15) is 6.04 Å². The summed E-state index contributed by atoms with van der Waals surface area (Å²) < 4.78 is 4.87. The number of esters is 1. The molecule has 0 aliphatic heterocycles. The van der Waals surface area contributed by atoms with Crippen LogP contribution in [0.25, 0.3) is 0 Å². The summed E-state index contributed by atoms with van der Waals surface area (Å²) in [4.78, 5) is 11.4. The number of hydrogen-bond acceptors (Lipinski definition) is 6. The van der Waals surface area contributed by atoms with Crippen LogP contribution < -0.4 is 5.73 Å². The molecule has 0 saturated heterocycles. The van der Waals surface area contributed by atoms with E-state index in [1.54, 1.807) is 0 Å². The van der Waals surface area contributed by atoms with Crippen LogP contribution in [0, 0.1) is 0 Å². The van der Waals surface area contributed by atoms with Crippen molar-refractivity contribution in [2.45, 2.75) is 25.8 Å². The zero-order valence-electron chi connectivity index (χ0n) is 10.1. The number of rotatable bonds is 5. The fourth-order valence-corrected chi connectivity index (χ4v) is 1.43. The number of hydrogen-bond donors (Lipinski definition) is 4. The number of phenolic OH excluding ortho intramolecular Hbond substituents is 3. The van der Waals surface area contributed by atoms with Crippen molar-refractivity contribution in [2.75, 3.05) is 6.61 Å². The van der Waals surface area contributed by atoms with Crippen molar-refractivity contribution in [1.29, 1.82) is 0 Å². The molecule has 0 aromatic heterocycles. The van der Waals surface area contributed by atoms with Crippen molar-refractivity contribution in [3.05, 3.63) is 17.7 Å². The Bertz CT molecular complexity index is 409. The summed E-state index contributed by atoms with van der Waals surface area (Å²) in [5.41, 5.74) is 6.06. The molecule has 6 nitrogen and oxygen atoms in total. The Morgan fingerprint density at radius 2 is 1.89 bits per heavy atom. The first kappa shape index (κ1) is 14.1. The summed E-state index contributed by atoms with van der Waals surface area (Å²) in [6, 6.07) is 1.60. The summed E-state index contributed by atoms with van der Waals surface area (Å²) in [5.74, 6) is -2.05. The van der Waals surface area contributed by atoms with Gasteiger partial charge < -0.3 is 25.8 Å². The second-order valence-electron chi connectivity index (χ2n) is 3.96. The van der Waals surface area contributed by atoms with Gasteiger partial charge in [-0.2, -0.15) is 0 Å². The number of aromatic hydroxyl groups is 3. The standard InChI is InChI=1S/C12H17NO5/c1-2-3-18-12(17)8(13)4-7-5-9(14)11(16)10(15)6-7/h5-6,8,14-16H,2-4,13H2,1H3/t8-/m0/s1. The van der Waals surface area contributed by atoms with E-state index in [1.807, 2.05) is 6.92 Å². The molecule has 0 saturated carbocycles. The number of nitrogens with two attached hydrogens (primary N) is 1. The second kappa shape index (κ2) is 6.11. The summed E-state index contributed by atoms with van der Waals surface area (Å²) in [7, 11) is 0. The Kier molecular flexibility index (Phi) is 4.79. The molecule has 0 aliphatic rings. The lowest BCUT2D eigenvalue weighted by Gasteiger charge is -2.12. The minimum Gasteiger partial charge on any atom is -0.504 e. The number of phenols is 3. The average Bonchev–Trinajstić information content (AvgIpc) is 2.32. The van der Waals surface area contributed by atoms with Gasteiger partial charge in [-0.05, 0) is 30.5 Å². The van der Waals surface area contributed by atoms with E-state index >= 15 is 0 Å². The summed E-state index contributed by atoms with van der Waals surface area (Å²) in [5, 5.41) is 27.8. The highest BCUT2D eigenvalue weighted by Crippen LogP contribution is 2.35. The molecule has 6 heteroatoms. The SMILES string of the molecule is CCCOC(=O)[C@@H](N)Cc1cc(O)c(O)c(O)c1. The third kappa shape index (κ3) is 3.53. The van der Waals surface area contributed by atoms with Gasteiger partial charge in [-0.3, -0.25) is 4.79 Å². The molecule has 18 heavy (non-hydrogen) atoms. The van der Waals surface area contributed by atoms with Crippen molar-refractivity contribution in [1.82, 2.24) is 0 Å². The molecule has 1 aromatic carbocycles. The van der Waals surface area contributed by atoms with Crippen molar-refractivity contribution < 1.29 is 24.9 Å². The fourth-order valence-electron chi connectivity index (χ4n) is 1.43. The minimum atomic E-state index is -0.875. The van der Waals surface area contributed by atoms with Gasteiger partial charge in [0.2, 0.25) is 0 Å². The Labute approximate surface area is 105 Å². The van der Waals surface area contributed by atoms with Crippen molar-refractivity contribution in [2.24, 2.45) is 5.73 Å². The van der Waals surface area contributed by atoms with Crippen LogP contribution in [-0.2, 0) is 16.0 Å². The van der Waals surface area contributed by atoms with E-state index in [-0.39, 0.29) is 6.42 Å². The van der Waals surface area contributed by atoms with Crippen LogP contribution in [0.2, 0.25) is 0 Å². The van der Waals surface area contributed by atoms with Crippen LogP contribution in [0.15, 0.2) is 12.1 Å². The molecule has 1 atom stereocenters. The van der Waals surface area contributed by atoms with Gasteiger partial charge in [0.15, 0.2) is 17.2 Å². The largest absolute Gasteiger partial charge is 0.504 e. The molecule has 5 N–H and O–H groups in total. The maximum absolute atomic E-state index is 11.4. The maximum Gasteiger partial charge on any atom is 0.323 e. The third-order valence-corrected chi connectivity index (χ3v) is 2.34. The Morgan fingerprint density at radius 3 is 2.39 bits per heavy atom. The smallest absolute Gasteiger partial charge is 0.323 e. The van der Waals surface area contributed by atoms with E-state index in [0.29, 0.717) is 18.6 Å². The second-order valence-corrected chi connectivity index (χ2v) is 3.96. The molecule has 0 bridgehead atoms. The van der Waals surface area contributed by atoms with E-state index in [2.05, 4.69) is 0 Å². The van der Waals surface area contributed by atoms with Crippen LogP contribution in [-0.4, -0.2) is 33.9 Å². The topological polar surface area (TPSA) is 113 Å². The monoisotopic (exact) mass is 255 g/mol. The fraction of sp³-hybridized carbons (Fsp3) is 0.417. The molecule has 0 heterocycles. The molecule has 0 radical (unpaired) electrons. The van der Waals surface area contributed by atoms with Gasteiger partial charge in [0.05, 0.1) is 6.61 Å². The highest BCUT2D eigenvalue weighted by atomic mass is 16.5. The molecule has 0 aliphatic carbocycles. The van der Waals surface area contributed by atoms with Gasteiger partial charge in [-0.15, -0.1) is 0 Å². The van der Waals surface area contributed by atoms with E-state index in [1.165, 1.54) is 12.1 Å². The number of carbonyl (C=O) groups excluding carboxylic acids is 1. The molecule has 1 aromatic rings. The highest BCUT2D eigenvalue weighted by molar-refractivity contribution is 5.76. The number of carbonyl (C=O) groups is 1. The summed E-state index contributed by atoms with van der Waals surface area (Å²) in [6.45, 7) is 2.17. The Balaban J connectivity index is 2.70. The van der Waals surface area contributed by atoms with Gasteiger partial charge in [0, 0.05) is 0 Å². The molecule has 0 fully saturated rings. The zero-order valence-corrected chi connectivity index (χ0v) is 10.1. The first-order chi connectivity index (χ1) is 8.45. The lowest BCUT2D eigenvalue weighted by atomic mass is 10.1. The third-order valence-electron chi connectivity index (χ3n) is 2.34. The molecule has 1 rings (SSSR count). The van der Waals surface area contributed by atoms with Crippen LogP contribution in [0.5, 0.6) is 17.2 Å². The molecule has 0 amide bonds. The van der Waals surface area contributed by atoms with Gasteiger partial charge in [-0.25, -0.2) is 0 Å². The number of benzene rings is 1. The molecular weight excluding hydrogens is 238 g/mol. The Morgan fingerprint density at radius 1 is 1.33 bits per heavy atom. The van der Waals surface area contributed by atoms with Crippen molar-refractivity contribution >= 4 is 5.97 Å². The van der Waals surface area contributed by atoms with Gasteiger partial charge in [-0.1, -0.05) is 6.92 Å². The first-order valence-electron chi connectivity index (χ1n) is 5.61. The quantitative estimate of drug-likeness (QED) is 0.453. The van der Waals surface area contributed by atoms with Gasteiger partial charge >= 0.3 is 5.97 Å².